The Balaban J connectivity index is 2.18. The van der Waals surface area contributed by atoms with Crippen LogP contribution in [0.15, 0.2) is 0 Å². The van der Waals surface area contributed by atoms with Crippen LogP contribution in [-0.4, -0.2) is 25.4 Å². The van der Waals surface area contributed by atoms with Gasteiger partial charge in [-0.3, -0.25) is 0 Å². The molecule has 2 nitrogen and oxygen atoms in total. The zero-order chi connectivity index (χ0) is 6.69. The average Bonchev–Trinajstić information content (AvgIpc) is 1.90. The molecule has 0 aromatic heterocycles. The van der Waals surface area contributed by atoms with Gasteiger partial charge in [0.25, 0.3) is 0 Å². The summed E-state index contributed by atoms with van der Waals surface area (Å²) in [6, 6.07) is 0.132. The van der Waals surface area contributed by atoms with E-state index in [9.17, 15) is 4.39 Å². The van der Waals surface area contributed by atoms with Crippen molar-refractivity contribution in [2.45, 2.75) is 25.0 Å². The Kier molecular flexibility index (Phi) is 2.42. The number of rotatable bonds is 1. The SMILES string of the molecule is NC1CCC(CF)OC1. The Morgan fingerprint density at radius 1 is 1.56 bits per heavy atom. The zero-order valence-electron chi connectivity index (χ0n) is 5.35. The molecule has 3 heteroatoms. The summed E-state index contributed by atoms with van der Waals surface area (Å²) in [7, 11) is 0. The zero-order valence-corrected chi connectivity index (χ0v) is 5.35. The molecule has 0 bridgehead atoms. The van der Waals surface area contributed by atoms with E-state index in [4.69, 9.17) is 10.5 Å². The Morgan fingerprint density at radius 3 is 2.78 bits per heavy atom. The molecule has 0 saturated carbocycles. The van der Waals surface area contributed by atoms with Gasteiger partial charge in [-0.1, -0.05) is 0 Å². The predicted molar refractivity (Wildman–Crippen MR) is 32.9 cm³/mol. The second-order valence-electron chi connectivity index (χ2n) is 2.45. The summed E-state index contributed by atoms with van der Waals surface area (Å²) in [4.78, 5) is 0. The maximum atomic E-state index is 11.8. The highest BCUT2D eigenvalue weighted by molar-refractivity contribution is 4.70. The lowest BCUT2D eigenvalue weighted by molar-refractivity contribution is -0.00772. The topological polar surface area (TPSA) is 35.2 Å². The summed E-state index contributed by atoms with van der Waals surface area (Å²) in [6.45, 7) is 0.154. The van der Waals surface area contributed by atoms with Gasteiger partial charge in [0.1, 0.15) is 6.67 Å². The van der Waals surface area contributed by atoms with Crippen LogP contribution in [0.2, 0.25) is 0 Å². The van der Waals surface area contributed by atoms with E-state index in [0.29, 0.717) is 6.61 Å². The maximum Gasteiger partial charge on any atom is 0.116 e. The summed E-state index contributed by atoms with van der Waals surface area (Å²) < 4.78 is 16.9. The van der Waals surface area contributed by atoms with Crippen molar-refractivity contribution in [1.29, 1.82) is 0 Å². The van der Waals surface area contributed by atoms with Crippen LogP contribution in [0.25, 0.3) is 0 Å². The van der Waals surface area contributed by atoms with E-state index in [1.54, 1.807) is 0 Å². The third-order valence-corrected chi connectivity index (χ3v) is 1.58. The van der Waals surface area contributed by atoms with Crippen molar-refractivity contribution in [2.75, 3.05) is 13.3 Å². The minimum Gasteiger partial charge on any atom is -0.374 e. The van der Waals surface area contributed by atoms with Gasteiger partial charge in [0.05, 0.1) is 12.7 Å². The molecule has 0 spiro atoms. The molecule has 0 aliphatic carbocycles. The van der Waals surface area contributed by atoms with E-state index in [1.807, 2.05) is 0 Å². The normalized spacial score (nSPS) is 36.7. The summed E-state index contributed by atoms with van der Waals surface area (Å²) in [5.41, 5.74) is 5.50. The molecule has 2 unspecified atom stereocenters. The van der Waals surface area contributed by atoms with Gasteiger partial charge in [-0.15, -0.1) is 0 Å². The lowest BCUT2D eigenvalue weighted by atomic mass is 10.1. The highest BCUT2D eigenvalue weighted by Crippen LogP contribution is 2.11. The van der Waals surface area contributed by atoms with Gasteiger partial charge in [-0.2, -0.15) is 0 Å². The van der Waals surface area contributed by atoms with E-state index < -0.39 is 0 Å². The summed E-state index contributed by atoms with van der Waals surface area (Å²) in [5, 5.41) is 0. The molecule has 1 saturated heterocycles. The standard InChI is InChI=1S/C6H12FNO/c7-3-6-2-1-5(8)4-9-6/h5-6H,1-4,8H2. The predicted octanol–water partition coefficient (Wildman–Crippen LogP) is 0.462. The monoisotopic (exact) mass is 133 g/mol. The van der Waals surface area contributed by atoms with Crippen molar-refractivity contribution in [3.63, 3.8) is 0 Å². The summed E-state index contributed by atoms with van der Waals surface area (Å²) in [5.74, 6) is 0. The number of alkyl halides is 1. The van der Waals surface area contributed by atoms with Gasteiger partial charge < -0.3 is 10.5 Å². The van der Waals surface area contributed by atoms with Gasteiger partial charge in [-0.05, 0) is 12.8 Å². The number of ether oxygens (including phenoxy) is 1. The smallest absolute Gasteiger partial charge is 0.116 e. The highest BCUT2D eigenvalue weighted by atomic mass is 19.1. The van der Waals surface area contributed by atoms with Crippen molar-refractivity contribution in [2.24, 2.45) is 5.73 Å². The van der Waals surface area contributed by atoms with E-state index in [-0.39, 0.29) is 18.8 Å². The van der Waals surface area contributed by atoms with Crippen LogP contribution in [0.5, 0.6) is 0 Å². The van der Waals surface area contributed by atoms with E-state index >= 15 is 0 Å². The van der Waals surface area contributed by atoms with Gasteiger partial charge in [0, 0.05) is 6.04 Å². The lowest BCUT2D eigenvalue weighted by Gasteiger charge is -2.24. The first kappa shape index (κ1) is 6.96. The number of nitrogens with two attached hydrogens (primary N) is 1. The molecule has 0 amide bonds. The molecule has 0 radical (unpaired) electrons. The molecule has 9 heavy (non-hydrogen) atoms. The van der Waals surface area contributed by atoms with Crippen LogP contribution >= 0.6 is 0 Å². The largest absolute Gasteiger partial charge is 0.374 e. The third kappa shape index (κ3) is 1.91. The molecule has 1 aliphatic heterocycles. The first-order valence-corrected chi connectivity index (χ1v) is 3.26. The minimum absolute atomic E-state index is 0.132. The fourth-order valence-corrected chi connectivity index (χ4v) is 0.948. The average molecular weight is 133 g/mol. The van der Waals surface area contributed by atoms with Crippen LogP contribution in [0, 0.1) is 0 Å². The summed E-state index contributed by atoms with van der Waals surface area (Å²) in [6.07, 6.45) is 1.50. The van der Waals surface area contributed by atoms with Crippen LogP contribution < -0.4 is 5.73 Å². The van der Waals surface area contributed by atoms with Crippen molar-refractivity contribution in [3.8, 4) is 0 Å². The fraction of sp³-hybridized carbons (Fsp3) is 1.00. The Bertz CT molecular complexity index is 81.1. The number of halogens is 1. The van der Waals surface area contributed by atoms with Gasteiger partial charge in [0.15, 0.2) is 0 Å². The molecule has 1 fully saturated rings. The number of hydrogen-bond acceptors (Lipinski definition) is 2. The highest BCUT2D eigenvalue weighted by Gasteiger charge is 2.17. The maximum absolute atomic E-state index is 11.8. The van der Waals surface area contributed by atoms with Crippen LogP contribution in [0.3, 0.4) is 0 Å². The Hall–Kier alpha value is -0.150. The van der Waals surface area contributed by atoms with Crippen molar-refractivity contribution >= 4 is 0 Å². The van der Waals surface area contributed by atoms with Crippen LogP contribution in [-0.2, 0) is 4.74 Å². The summed E-state index contributed by atoms with van der Waals surface area (Å²) >= 11 is 0. The molecule has 1 rings (SSSR count). The van der Waals surface area contributed by atoms with E-state index in [0.717, 1.165) is 12.8 Å². The quantitative estimate of drug-likeness (QED) is 0.564. The Labute approximate surface area is 54.2 Å². The molecule has 1 heterocycles. The molecule has 0 aromatic carbocycles. The molecule has 2 atom stereocenters. The second kappa shape index (κ2) is 3.13. The third-order valence-electron chi connectivity index (χ3n) is 1.58. The molecule has 54 valence electrons. The van der Waals surface area contributed by atoms with Gasteiger partial charge in [-0.25, -0.2) is 4.39 Å². The van der Waals surface area contributed by atoms with Crippen LogP contribution in [0.1, 0.15) is 12.8 Å². The van der Waals surface area contributed by atoms with Gasteiger partial charge in [0.2, 0.25) is 0 Å². The van der Waals surface area contributed by atoms with E-state index in [2.05, 4.69) is 0 Å². The first-order valence-electron chi connectivity index (χ1n) is 3.26. The number of hydrogen-bond donors (Lipinski definition) is 1. The van der Waals surface area contributed by atoms with Crippen molar-refractivity contribution < 1.29 is 9.13 Å². The molecule has 0 aromatic rings. The molecular formula is C6H12FNO. The van der Waals surface area contributed by atoms with Crippen molar-refractivity contribution in [1.82, 2.24) is 0 Å². The van der Waals surface area contributed by atoms with Crippen LogP contribution in [0.4, 0.5) is 4.39 Å². The second-order valence-corrected chi connectivity index (χ2v) is 2.45. The molecular weight excluding hydrogens is 121 g/mol. The molecule has 2 N–H and O–H groups in total. The van der Waals surface area contributed by atoms with Gasteiger partial charge >= 0.3 is 0 Å². The first-order chi connectivity index (χ1) is 4.33. The minimum atomic E-state index is -0.368. The Morgan fingerprint density at radius 2 is 2.33 bits per heavy atom. The fourth-order valence-electron chi connectivity index (χ4n) is 0.948. The van der Waals surface area contributed by atoms with Crippen molar-refractivity contribution in [3.05, 3.63) is 0 Å². The molecule has 1 aliphatic rings. The lowest BCUT2D eigenvalue weighted by Crippen LogP contribution is -2.36. The van der Waals surface area contributed by atoms with E-state index in [1.165, 1.54) is 0 Å².